The Kier molecular flexibility index (Phi) is 6.07. The van der Waals surface area contributed by atoms with Crippen molar-refractivity contribution in [2.75, 3.05) is 7.11 Å². The van der Waals surface area contributed by atoms with Crippen molar-refractivity contribution >= 4 is 6.03 Å². The first-order valence-corrected chi connectivity index (χ1v) is 7.96. The fourth-order valence-electron chi connectivity index (χ4n) is 2.92. The Labute approximate surface area is 132 Å². The van der Waals surface area contributed by atoms with Crippen molar-refractivity contribution in [1.82, 2.24) is 10.6 Å². The van der Waals surface area contributed by atoms with Crippen LogP contribution in [-0.2, 0) is 6.42 Å². The van der Waals surface area contributed by atoms with E-state index in [9.17, 15) is 9.90 Å². The Morgan fingerprint density at radius 2 is 2.18 bits per heavy atom. The summed E-state index contributed by atoms with van der Waals surface area (Å²) in [6.07, 6.45) is 4.02. The van der Waals surface area contributed by atoms with Crippen molar-refractivity contribution in [2.24, 2.45) is 0 Å². The van der Waals surface area contributed by atoms with Crippen molar-refractivity contribution in [3.8, 4) is 5.75 Å². The lowest BCUT2D eigenvalue weighted by Crippen LogP contribution is -2.51. The molecule has 3 atom stereocenters. The topological polar surface area (TPSA) is 70.6 Å². The van der Waals surface area contributed by atoms with Gasteiger partial charge in [0.25, 0.3) is 0 Å². The minimum absolute atomic E-state index is 0.00726. The summed E-state index contributed by atoms with van der Waals surface area (Å²) in [7, 11) is 1.64. The summed E-state index contributed by atoms with van der Waals surface area (Å²) >= 11 is 0. The van der Waals surface area contributed by atoms with Gasteiger partial charge in [-0.2, -0.15) is 0 Å². The Balaban J connectivity index is 1.80. The van der Waals surface area contributed by atoms with Crippen LogP contribution in [0.5, 0.6) is 5.75 Å². The lowest BCUT2D eigenvalue weighted by molar-refractivity contribution is 0.0941. The molecule has 0 aromatic heterocycles. The van der Waals surface area contributed by atoms with Crippen LogP contribution < -0.4 is 15.4 Å². The number of carbonyl (C=O) groups is 1. The maximum Gasteiger partial charge on any atom is 0.315 e. The molecule has 1 aromatic rings. The zero-order valence-electron chi connectivity index (χ0n) is 13.3. The number of aliphatic hydroxyl groups excluding tert-OH is 1. The first kappa shape index (κ1) is 16.6. The van der Waals surface area contributed by atoms with Gasteiger partial charge in [-0.05, 0) is 43.9 Å². The van der Waals surface area contributed by atoms with Gasteiger partial charge in [-0.3, -0.25) is 0 Å². The smallest absolute Gasteiger partial charge is 0.315 e. The zero-order valence-corrected chi connectivity index (χ0v) is 13.3. The molecule has 0 radical (unpaired) electrons. The second-order valence-electron chi connectivity index (χ2n) is 6.03. The van der Waals surface area contributed by atoms with Crippen molar-refractivity contribution in [3.05, 3.63) is 29.8 Å². The summed E-state index contributed by atoms with van der Waals surface area (Å²) in [5, 5.41) is 15.7. The number of hydrogen-bond donors (Lipinski definition) is 3. The molecule has 1 saturated carbocycles. The molecule has 0 saturated heterocycles. The van der Waals surface area contributed by atoms with Gasteiger partial charge in [0.1, 0.15) is 5.75 Å². The van der Waals surface area contributed by atoms with Gasteiger partial charge < -0.3 is 20.5 Å². The van der Waals surface area contributed by atoms with Gasteiger partial charge in [-0.1, -0.05) is 25.0 Å². The van der Waals surface area contributed by atoms with E-state index in [1.54, 1.807) is 7.11 Å². The molecule has 2 rings (SSSR count). The highest BCUT2D eigenvalue weighted by molar-refractivity contribution is 5.74. The van der Waals surface area contributed by atoms with Crippen LogP contribution in [0.2, 0.25) is 0 Å². The highest BCUT2D eigenvalue weighted by Gasteiger charge is 2.24. The third kappa shape index (κ3) is 4.91. The number of hydrogen-bond acceptors (Lipinski definition) is 3. The Hall–Kier alpha value is -1.75. The molecule has 0 aliphatic heterocycles. The average molecular weight is 306 g/mol. The summed E-state index contributed by atoms with van der Waals surface area (Å²) in [4.78, 5) is 12.0. The van der Waals surface area contributed by atoms with Crippen molar-refractivity contribution < 1.29 is 14.6 Å². The van der Waals surface area contributed by atoms with Gasteiger partial charge in [0.2, 0.25) is 0 Å². The van der Waals surface area contributed by atoms with Crippen LogP contribution >= 0.6 is 0 Å². The SMILES string of the molecule is COc1cccc(CC(C)NC(=O)NC2CCCCC2O)c1. The number of ether oxygens (including phenoxy) is 1. The third-order valence-electron chi connectivity index (χ3n) is 4.10. The summed E-state index contributed by atoms with van der Waals surface area (Å²) in [6.45, 7) is 1.97. The van der Waals surface area contributed by atoms with Crippen LogP contribution in [0.3, 0.4) is 0 Å². The number of carbonyl (C=O) groups excluding carboxylic acids is 1. The van der Waals surface area contributed by atoms with Gasteiger partial charge in [-0.15, -0.1) is 0 Å². The monoisotopic (exact) mass is 306 g/mol. The van der Waals surface area contributed by atoms with E-state index in [1.807, 2.05) is 31.2 Å². The van der Waals surface area contributed by atoms with Gasteiger partial charge in [0.05, 0.1) is 19.3 Å². The van der Waals surface area contributed by atoms with Crippen LogP contribution in [0.15, 0.2) is 24.3 Å². The molecule has 3 unspecified atom stereocenters. The van der Waals surface area contributed by atoms with Gasteiger partial charge in [0, 0.05) is 6.04 Å². The number of nitrogens with one attached hydrogen (secondary N) is 2. The number of amides is 2. The van der Waals surface area contributed by atoms with Gasteiger partial charge in [0.15, 0.2) is 0 Å². The maximum atomic E-state index is 12.0. The van der Waals surface area contributed by atoms with Crippen LogP contribution in [-0.4, -0.2) is 36.4 Å². The van der Waals surface area contributed by atoms with Crippen molar-refractivity contribution in [1.29, 1.82) is 0 Å². The average Bonchev–Trinajstić information content (AvgIpc) is 2.49. The molecule has 0 bridgehead atoms. The zero-order chi connectivity index (χ0) is 15.9. The lowest BCUT2D eigenvalue weighted by Gasteiger charge is -2.29. The molecule has 2 amide bonds. The van der Waals surface area contributed by atoms with E-state index < -0.39 is 6.10 Å². The quantitative estimate of drug-likeness (QED) is 0.781. The van der Waals surface area contributed by atoms with Crippen LogP contribution in [0.4, 0.5) is 4.79 Å². The minimum atomic E-state index is -0.423. The lowest BCUT2D eigenvalue weighted by atomic mass is 9.93. The molecule has 1 aliphatic carbocycles. The highest BCUT2D eigenvalue weighted by atomic mass is 16.5. The van der Waals surface area contributed by atoms with E-state index in [2.05, 4.69) is 10.6 Å². The number of rotatable bonds is 5. The van der Waals surface area contributed by atoms with E-state index in [1.165, 1.54) is 0 Å². The predicted molar refractivity (Wildman–Crippen MR) is 86.1 cm³/mol. The largest absolute Gasteiger partial charge is 0.497 e. The molecule has 0 spiro atoms. The molecule has 5 nitrogen and oxygen atoms in total. The fraction of sp³-hybridized carbons (Fsp3) is 0.588. The standard InChI is InChI=1S/C17H26N2O3/c1-12(10-13-6-5-7-14(11-13)22-2)18-17(21)19-15-8-3-4-9-16(15)20/h5-7,11-12,15-16,20H,3-4,8-10H2,1-2H3,(H2,18,19,21). The van der Waals surface area contributed by atoms with Crippen LogP contribution in [0.1, 0.15) is 38.2 Å². The van der Waals surface area contributed by atoms with Crippen molar-refractivity contribution in [2.45, 2.75) is 57.2 Å². The Morgan fingerprint density at radius 3 is 2.91 bits per heavy atom. The second-order valence-corrected chi connectivity index (χ2v) is 6.03. The van der Waals surface area contributed by atoms with Crippen LogP contribution in [0.25, 0.3) is 0 Å². The first-order chi connectivity index (χ1) is 10.6. The molecule has 1 aliphatic rings. The first-order valence-electron chi connectivity index (χ1n) is 7.96. The number of urea groups is 1. The molecule has 122 valence electrons. The normalized spacial score (nSPS) is 22.7. The molecule has 0 heterocycles. The molecule has 5 heteroatoms. The van der Waals surface area contributed by atoms with E-state index >= 15 is 0 Å². The highest BCUT2D eigenvalue weighted by Crippen LogP contribution is 2.18. The van der Waals surface area contributed by atoms with E-state index in [0.29, 0.717) is 0 Å². The van der Waals surface area contributed by atoms with E-state index in [4.69, 9.17) is 4.74 Å². The van der Waals surface area contributed by atoms with Gasteiger partial charge >= 0.3 is 6.03 Å². The number of benzene rings is 1. The molecule has 22 heavy (non-hydrogen) atoms. The second kappa shape index (κ2) is 8.03. The molecule has 3 N–H and O–H groups in total. The minimum Gasteiger partial charge on any atom is -0.497 e. The number of methoxy groups -OCH3 is 1. The van der Waals surface area contributed by atoms with Gasteiger partial charge in [-0.25, -0.2) is 4.79 Å². The Morgan fingerprint density at radius 1 is 1.41 bits per heavy atom. The third-order valence-corrected chi connectivity index (χ3v) is 4.10. The summed E-state index contributed by atoms with van der Waals surface area (Å²) in [5.41, 5.74) is 1.12. The fourth-order valence-corrected chi connectivity index (χ4v) is 2.92. The van der Waals surface area contributed by atoms with Crippen molar-refractivity contribution in [3.63, 3.8) is 0 Å². The molecular weight excluding hydrogens is 280 g/mol. The maximum absolute atomic E-state index is 12.0. The summed E-state index contributed by atoms with van der Waals surface area (Å²) < 4.78 is 5.20. The summed E-state index contributed by atoms with van der Waals surface area (Å²) in [6, 6.07) is 7.51. The summed E-state index contributed by atoms with van der Waals surface area (Å²) in [5.74, 6) is 0.819. The molecule has 1 fully saturated rings. The van der Waals surface area contributed by atoms with Crippen LogP contribution in [0, 0.1) is 0 Å². The number of aliphatic hydroxyl groups is 1. The van der Waals surface area contributed by atoms with E-state index in [0.717, 1.165) is 43.4 Å². The Bertz CT molecular complexity index is 493. The predicted octanol–water partition coefficient (Wildman–Crippen LogP) is 2.23. The molecular formula is C17H26N2O3. The van der Waals surface area contributed by atoms with E-state index in [-0.39, 0.29) is 18.1 Å². The molecule has 1 aromatic carbocycles.